The molecule has 1 unspecified atom stereocenters. The number of para-hydroxylation sites is 1. The van der Waals surface area contributed by atoms with Crippen molar-refractivity contribution in [2.75, 3.05) is 24.5 Å². The molecule has 7 heteroatoms. The summed E-state index contributed by atoms with van der Waals surface area (Å²) in [7, 11) is 0. The molecule has 5 rings (SSSR count). The van der Waals surface area contributed by atoms with Gasteiger partial charge in [0.2, 0.25) is 0 Å². The van der Waals surface area contributed by atoms with Crippen molar-refractivity contribution in [2.45, 2.75) is 13.0 Å². The molecule has 2 aliphatic rings. The molecule has 2 aromatic carbocycles. The van der Waals surface area contributed by atoms with Crippen LogP contribution in [0.15, 0.2) is 48.5 Å². The number of hydrogen-bond acceptors (Lipinski definition) is 4. The van der Waals surface area contributed by atoms with E-state index in [-0.39, 0.29) is 11.8 Å². The van der Waals surface area contributed by atoms with E-state index in [1.165, 1.54) is 17.4 Å². The minimum Gasteiger partial charge on any atom is -0.488 e. The van der Waals surface area contributed by atoms with E-state index in [9.17, 15) is 13.6 Å². The number of nitrogens with one attached hydrogen (secondary N) is 1. The zero-order chi connectivity index (χ0) is 20.7. The van der Waals surface area contributed by atoms with Gasteiger partial charge >= 0.3 is 0 Å². The Morgan fingerprint density at radius 3 is 2.90 bits per heavy atom. The summed E-state index contributed by atoms with van der Waals surface area (Å²) in [5.41, 5.74) is 2.74. The Hall–Kier alpha value is -2.93. The lowest BCUT2D eigenvalue weighted by Gasteiger charge is -2.19. The smallest absolute Gasteiger partial charge is 0.261 e. The minimum absolute atomic E-state index is 0.0850. The van der Waals surface area contributed by atoms with E-state index < -0.39 is 11.6 Å². The summed E-state index contributed by atoms with van der Waals surface area (Å²) < 4.78 is 32.4. The average Bonchev–Trinajstić information content (AvgIpc) is 3.41. The zero-order valence-corrected chi connectivity index (χ0v) is 17.0. The quantitative estimate of drug-likeness (QED) is 0.649. The van der Waals surface area contributed by atoms with E-state index in [1.807, 2.05) is 35.2 Å². The predicted molar refractivity (Wildman–Crippen MR) is 113 cm³/mol. The molecule has 3 heterocycles. The van der Waals surface area contributed by atoms with Crippen LogP contribution in [0, 0.1) is 17.6 Å². The van der Waals surface area contributed by atoms with Gasteiger partial charge in [-0.15, -0.1) is 11.3 Å². The SMILES string of the molecule is O=C(NCC1CCN(c2ccc(F)c(F)c2)C1)c1cc2c(s1)-c1ccccc1OC2. The van der Waals surface area contributed by atoms with Crippen LogP contribution in [-0.2, 0) is 6.61 Å². The third-order valence-electron chi connectivity index (χ3n) is 5.65. The van der Waals surface area contributed by atoms with E-state index in [0.717, 1.165) is 40.8 Å². The van der Waals surface area contributed by atoms with Gasteiger partial charge in [0.05, 0.1) is 4.88 Å². The van der Waals surface area contributed by atoms with Gasteiger partial charge in [-0.3, -0.25) is 4.79 Å². The highest BCUT2D eigenvalue weighted by Gasteiger charge is 2.26. The van der Waals surface area contributed by atoms with Crippen LogP contribution >= 0.6 is 11.3 Å². The first-order chi connectivity index (χ1) is 14.6. The Labute approximate surface area is 177 Å². The first kappa shape index (κ1) is 19.1. The van der Waals surface area contributed by atoms with Gasteiger partial charge in [0, 0.05) is 47.4 Å². The van der Waals surface area contributed by atoms with Crippen LogP contribution in [-0.4, -0.2) is 25.5 Å². The van der Waals surface area contributed by atoms with Crippen LogP contribution in [0.3, 0.4) is 0 Å². The number of rotatable bonds is 4. The Bertz CT molecular complexity index is 1110. The lowest BCUT2D eigenvalue weighted by molar-refractivity contribution is 0.0952. The highest BCUT2D eigenvalue weighted by Crippen LogP contribution is 2.42. The molecule has 4 nitrogen and oxygen atoms in total. The van der Waals surface area contributed by atoms with Crippen LogP contribution in [0.1, 0.15) is 21.7 Å². The number of carbonyl (C=O) groups is 1. The summed E-state index contributed by atoms with van der Waals surface area (Å²) in [5, 5.41) is 3.04. The van der Waals surface area contributed by atoms with Gasteiger partial charge in [0.25, 0.3) is 5.91 Å². The van der Waals surface area contributed by atoms with Gasteiger partial charge < -0.3 is 15.0 Å². The van der Waals surface area contributed by atoms with Crippen molar-refractivity contribution >= 4 is 22.9 Å². The molecular weight excluding hydrogens is 406 g/mol. The van der Waals surface area contributed by atoms with Crippen LogP contribution in [0.5, 0.6) is 5.75 Å². The van der Waals surface area contributed by atoms with E-state index >= 15 is 0 Å². The number of amides is 1. The third kappa shape index (κ3) is 3.54. The van der Waals surface area contributed by atoms with Gasteiger partial charge in [-0.1, -0.05) is 12.1 Å². The van der Waals surface area contributed by atoms with E-state index in [2.05, 4.69) is 5.32 Å². The largest absolute Gasteiger partial charge is 0.488 e. The molecule has 0 spiro atoms. The maximum atomic E-state index is 13.5. The number of hydrogen-bond donors (Lipinski definition) is 1. The second-order valence-electron chi connectivity index (χ2n) is 7.66. The number of anilines is 1. The van der Waals surface area contributed by atoms with Gasteiger partial charge in [-0.25, -0.2) is 8.78 Å². The van der Waals surface area contributed by atoms with Crippen molar-refractivity contribution in [3.63, 3.8) is 0 Å². The minimum atomic E-state index is -0.839. The number of nitrogens with zero attached hydrogens (tertiary/aromatic N) is 1. The van der Waals surface area contributed by atoms with Crippen LogP contribution in [0.25, 0.3) is 10.4 Å². The Balaban J connectivity index is 1.21. The first-order valence-electron chi connectivity index (χ1n) is 9.91. The van der Waals surface area contributed by atoms with Gasteiger partial charge in [0.15, 0.2) is 11.6 Å². The number of benzene rings is 2. The molecular formula is C23H20F2N2O2S. The fraction of sp³-hybridized carbons (Fsp3) is 0.261. The summed E-state index contributed by atoms with van der Waals surface area (Å²) in [6.45, 7) is 2.48. The lowest BCUT2D eigenvalue weighted by atomic mass is 10.1. The molecule has 0 aliphatic carbocycles. The van der Waals surface area contributed by atoms with Crippen molar-refractivity contribution in [1.29, 1.82) is 0 Å². The number of thiophene rings is 1. The molecule has 154 valence electrons. The van der Waals surface area contributed by atoms with Crippen molar-refractivity contribution in [3.05, 3.63) is 70.6 Å². The normalized spacial score (nSPS) is 17.3. The molecule has 0 saturated carbocycles. The van der Waals surface area contributed by atoms with Gasteiger partial charge in [0.1, 0.15) is 12.4 Å². The summed E-state index contributed by atoms with van der Waals surface area (Å²) in [4.78, 5) is 16.5. The maximum absolute atomic E-state index is 13.5. The Kier molecular flexibility index (Phi) is 4.90. The van der Waals surface area contributed by atoms with Crippen molar-refractivity contribution in [1.82, 2.24) is 5.32 Å². The topological polar surface area (TPSA) is 41.6 Å². The van der Waals surface area contributed by atoms with E-state index in [0.29, 0.717) is 30.3 Å². The van der Waals surface area contributed by atoms with Crippen LogP contribution < -0.4 is 15.0 Å². The molecule has 1 N–H and O–H groups in total. The molecule has 0 radical (unpaired) electrons. The number of fused-ring (bicyclic) bond motifs is 3. The molecule has 1 fully saturated rings. The van der Waals surface area contributed by atoms with Crippen LogP contribution in [0.2, 0.25) is 0 Å². The highest BCUT2D eigenvalue weighted by atomic mass is 32.1. The van der Waals surface area contributed by atoms with Crippen LogP contribution in [0.4, 0.5) is 14.5 Å². The molecule has 30 heavy (non-hydrogen) atoms. The molecule has 1 amide bonds. The maximum Gasteiger partial charge on any atom is 0.261 e. The predicted octanol–water partition coefficient (Wildman–Crippen LogP) is 4.84. The molecule has 1 saturated heterocycles. The summed E-state index contributed by atoms with van der Waals surface area (Å²) in [6, 6.07) is 13.7. The van der Waals surface area contributed by atoms with E-state index in [1.54, 1.807) is 6.07 Å². The lowest BCUT2D eigenvalue weighted by Crippen LogP contribution is -2.30. The third-order valence-corrected chi connectivity index (χ3v) is 6.86. The standard InChI is InChI=1S/C23H20F2N2O2S/c24-18-6-5-16(10-19(18)25)27-8-7-14(12-27)11-26-23(28)21-9-15-13-29-20-4-2-1-3-17(20)22(15)30-21/h1-6,9-10,14H,7-8,11-13H2,(H,26,28). The second kappa shape index (κ2) is 7.72. The Morgan fingerprint density at radius 1 is 1.17 bits per heavy atom. The number of ether oxygens (including phenoxy) is 1. The van der Waals surface area contributed by atoms with Crippen molar-refractivity contribution < 1.29 is 18.3 Å². The van der Waals surface area contributed by atoms with E-state index in [4.69, 9.17) is 4.74 Å². The summed E-state index contributed by atoms with van der Waals surface area (Å²) in [6.07, 6.45) is 0.890. The second-order valence-corrected chi connectivity index (χ2v) is 8.71. The fourth-order valence-corrected chi connectivity index (χ4v) is 5.16. The molecule has 2 aliphatic heterocycles. The summed E-state index contributed by atoms with van der Waals surface area (Å²) in [5.74, 6) is -0.647. The number of halogens is 2. The summed E-state index contributed by atoms with van der Waals surface area (Å²) >= 11 is 1.49. The Morgan fingerprint density at radius 2 is 2.03 bits per heavy atom. The van der Waals surface area contributed by atoms with Crippen molar-refractivity contribution in [3.8, 4) is 16.2 Å². The highest BCUT2D eigenvalue weighted by molar-refractivity contribution is 7.17. The monoisotopic (exact) mass is 426 g/mol. The van der Waals surface area contributed by atoms with Gasteiger partial charge in [-0.2, -0.15) is 0 Å². The molecule has 1 aromatic heterocycles. The fourth-order valence-electron chi connectivity index (χ4n) is 4.05. The van der Waals surface area contributed by atoms with Crippen molar-refractivity contribution in [2.24, 2.45) is 5.92 Å². The number of carbonyl (C=O) groups excluding carboxylic acids is 1. The molecule has 3 aromatic rings. The molecule has 1 atom stereocenters. The zero-order valence-electron chi connectivity index (χ0n) is 16.2. The van der Waals surface area contributed by atoms with Gasteiger partial charge in [-0.05, 0) is 42.7 Å². The molecule has 0 bridgehead atoms. The first-order valence-corrected chi connectivity index (χ1v) is 10.7. The average molecular weight is 426 g/mol.